The summed E-state index contributed by atoms with van der Waals surface area (Å²) in [5.41, 5.74) is 8.04. The number of rotatable bonds is 6. The second kappa shape index (κ2) is 9.46. The van der Waals surface area contributed by atoms with Gasteiger partial charge in [0.05, 0.1) is 28.5 Å². The fourth-order valence-electron chi connectivity index (χ4n) is 3.71. The molecular formula is C24H21FN8O. The number of halogens is 1. The molecule has 1 amide bonds. The van der Waals surface area contributed by atoms with Crippen molar-refractivity contribution in [3.8, 4) is 17.3 Å². The third-order valence-electron chi connectivity index (χ3n) is 5.21. The Balaban J connectivity index is 1.99. The minimum Gasteiger partial charge on any atom is -0.382 e. The monoisotopic (exact) mass is 456 g/mol. The SMILES string of the molecule is CCNC(=O)c1c(-c2ccccn2)c(C(C)Nc2ncnc(N)c2C#N)nc2ccc(F)cc12. The summed E-state index contributed by atoms with van der Waals surface area (Å²) in [5, 5.41) is 15.8. The number of nitrogens with two attached hydrogens (primary N) is 1. The number of hydrogen-bond donors (Lipinski definition) is 3. The van der Waals surface area contributed by atoms with Crippen molar-refractivity contribution in [1.29, 1.82) is 5.26 Å². The van der Waals surface area contributed by atoms with Crippen LogP contribution in [0.5, 0.6) is 0 Å². The van der Waals surface area contributed by atoms with Gasteiger partial charge in [-0.05, 0) is 44.2 Å². The molecule has 10 heteroatoms. The molecule has 170 valence electrons. The second-order valence-electron chi connectivity index (χ2n) is 7.44. The summed E-state index contributed by atoms with van der Waals surface area (Å²) in [5.74, 6) is -0.586. The normalized spacial score (nSPS) is 11.6. The number of hydrogen-bond acceptors (Lipinski definition) is 8. The molecule has 0 aliphatic heterocycles. The Kier molecular flexibility index (Phi) is 6.27. The van der Waals surface area contributed by atoms with Gasteiger partial charge < -0.3 is 16.4 Å². The van der Waals surface area contributed by atoms with Crippen molar-refractivity contribution in [3.05, 3.63) is 71.6 Å². The van der Waals surface area contributed by atoms with Crippen molar-refractivity contribution in [2.75, 3.05) is 17.6 Å². The Morgan fingerprint density at radius 3 is 2.76 bits per heavy atom. The molecule has 0 fully saturated rings. The molecule has 0 saturated carbocycles. The highest BCUT2D eigenvalue weighted by molar-refractivity contribution is 6.11. The number of fused-ring (bicyclic) bond motifs is 1. The first-order valence-electron chi connectivity index (χ1n) is 10.5. The number of pyridine rings is 2. The predicted octanol–water partition coefficient (Wildman–Crippen LogP) is 3.60. The molecule has 0 spiro atoms. The summed E-state index contributed by atoms with van der Waals surface area (Å²) >= 11 is 0. The number of nitrogens with zero attached hydrogens (tertiary/aromatic N) is 5. The zero-order valence-corrected chi connectivity index (χ0v) is 18.5. The minimum absolute atomic E-state index is 0.0436. The lowest BCUT2D eigenvalue weighted by atomic mass is 9.94. The molecule has 0 radical (unpaired) electrons. The molecule has 3 aromatic heterocycles. The third-order valence-corrected chi connectivity index (χ3v) is 5.21. The third kappa shape index (κ3) is 4.19. The lowest BCUT2D eigenvalue weighted by Crippen LogP contribution is -2.25. The Bertz CT molecular complexity index is 1420. The number of amides is 1. The van der Waals surface area contributed by atoms with E-state index in [4.69, 9.17) is 10.7 Å². The van der Waals surface area contributed by atoms with Crippen LogP contribution < -0.4 is 16.4 Å². The summed E-state index contributed by atoms with van der Waals surface area (Å²) in [6.07, 6.45) is 2.86. The lowest BCUT2D eigenvalue weighted by molar-refractivity contribution is 0.0958. The number of anilines is 2. The first-order valence-corrected chi connectivity index (χ1v) is 10.5. The largest absolute Gasteiger partial charge is 0.382 e. The standard InChI is InChI=1S/C24H21FN8O/c1-3-28-24(34)19-15-10-14(25)7-8-17(15)33-21(20(19)18-6-4-5-9-29-18)13(2)32-23-16(11-26)22(27)30-12-31-23/h4-10,12-13H,3H2,1-2H3,(H,28,34)(H3,27,30,31,32). The molecule has 0 aliphatic rings. The number of nitrogen functional groups attached to an aromatic ring is 1. The predicted molar refractivity (Wildman–Crippen MR) is 126 cm³/mol. The molecule has 1 atom stereocenters. The van der Waals surface area contributed by atoms with Crippen LogP contribution in [0, 0.1) is 17.1 Å². The molecule has 4 aromatic rings. The van der Waals surface area contributed by atoms with Gasteiger partial charge in [-0.2, -0.15) is 5.26 Å². The molecule has 34 heavy (non-hydrogen) atoms. The van der Waals surface area contributed by atoms with E-state index < -0.39 is 11.9 Å². The molecule has 4 rings (SSSR count). The van der Waals surface area contributed by atoms with Gasteiger partial charge in [-0.25, -0.2) is 19.3 Å². The van der Waals surface area contributed by atoms with Crippen molar-refractivity contribution in [2.24, 2.45) is 0 Å². The lowest BCUT2D eigenvalue weighted by Gasteiger charge is -2.22. The molecule has 3 heterocycles. The smallest absolute Gasteiger partial charge is 0.252 e. The van der Waals surface area contributed by atoms with Crippen molar-refractivity contribution >= 4 is 28.4 Å². The first kappa shape index (κ1) is 22.5. The summed E-state index contributed by atoms with van der Waals surface area (Å²) in [4.78, 5) is 30.5. The van der Waals surface area contributed by atoms with E-state index in [1.165, 1.54) is 24.5 Å². The topological polar surface area (TPSA) is 142 Å². The van der Waals surface area contributed by atoms with E-state index in [1.807, 2.05) is 13.0 Å². The summed E-state index contributed by atoms with van der Waals surface area (Å²) in [6, 6.07) is 10.9. The maximum Gasteiger partial charge on any atom is 0.252 e. The van der Waals surface area contributed by atoms with Gasteiger partial charge in [-0.1, -0.05) is 6.07 Å². The fourth-order valence-corrected chi connectivity index (χ4v) is 3.71. The van der Waals surface area contributed by atoms with Crippen molar-refractivity contribution in [3.63, 3.8) is 0 Å². The number of benzene rings is 1. The van der Waals surface area contributed by atoms with E-state index in [1.54, 1.807) is 31.3 Å². The first-order chi connectivity index (χ1) is 16.4. The minimum atomic E-state index is -0.541. The van der Waals surface area contributed by atoms with E-state index in [-0.39, 0.29) is 28.7 Å². The second-order valence-corrected chi connectivity index (χ2v) is 7.44. The van der Waals surface area contributed by atoms with Gasteiger partial charge >= 0.3 is 0 Å². The molecule has 1 unspecified atom stereocenters. The number of nitriles is 1. The number of aromatic nitrogens is 4. The van der Waals surface area contributed by atoms with Crippen LogP contribution in [0.1, 0.15) is 41.5 Å². The van der Waals surface area contributed by atoms with E-state index in [2.05, 4.69) is 25.6 Å². The molecular weight excluding hydrogens is 435 g/mol. The zero-order valence-electron chi connectivity index (χ0n) is 18.5. The van der Waals surface area contributed by atoms with E-state index >= 15 is 0 Å². The quantitative estimate of drug-likeness (QED) is 0.399. The summed E-state index contributed by atoms with van der Waals surface area (Å²) in [6.45, 7) is 4.00. The van der Waals surface area contributed by atoms with E-state index in [9.17, 15) is 14.4 Å². The summed E-state index contributed by atoms with van der Waals surface area (Å²) in [7, 11) is 0. The average molecular weight is 456 g/mol. The van der Waals surface area contributed by atoms with Gasteiger partial charge in [-0.3, -0.25) is 9.78 Å². The number of carbonyl (C=O) groups is 1. The maximum absolute atomic E-state index is 14.2. The molecule has 0 saturated heterocycles. The Morgan fingerprint density at radius 2 is 2.06 bits per heavy atom. The van der Waals surface area contributed by atoms with Crippen molar-refractivity contribution in [2.45, 2.75) is 19.9 Å². The molecule has 4 N–H and O–H groups in total. The van der Waals surface area contributed by atoms with Crippen LogP contribution in [0.4, 0.5) is 16.0 Å². The Hall–Kier alpha value is -4.65. The van der Waals surface area contributed by atoms with Gasteiger partial charge in [0.2, 0.25) is 0 Å². The van der Waals surface area contributed by atoms with Crippen LogP contribution in [0.25, 0.3) is 22.2 Å². The van der Waals surface area contributed by atoms with Gasteiger partial charge in [0.25, 0.3) is 5.91 Å². The van der Waals surface area contributed by atoms with Crippen LogP contribution >= 0.6 is 0 Å². The Morgan fingerprint density at radius 1 is 1.24 bits per heavy atom. The summed E-state index contributed by atoms with van der Waals surface area (Å²) < 4.78 is 14.2. The van der Waals surface area contributed by atoms with Gasteiger partial charge in [0.15, 0.2) is 0 Å². The highest BCUT2D eigenvalue weighted by Crippen LogP contribution is 2.36. The Labute approximate surface area is 194 Å². The molecule has 9 nitrogen and oxygen atoms in total. The highest BCUT2D eigenvalue weighted by atomic mass is 19.1. The van der Waals surface area contributed by atoms with Crippen molar-refractivity contribution in [1.82, 2.24) is 25.3 Å². The van der Waals surface area contributed by atoms with Crippen LogP contribution in [0.3, 0.4) is 0 Å². The number of carbonyl (C=O) groups excluding carboxylic acids is 1. The van der Waals surface area contributed by atoms with Crippen LogP contribution in [0.15, 0.2) is 48.9 Å². The molecule has 0 bridgehead atoms. The van der Waals surface area contributed by atoms with Gasteiger partial charge in [0, 0.05) is 23.7 Å². The maximum atomic E-state index is 14.2. The number of nitrogens with one attached hydrogen (secondary N) is 2. The highest BCUT2D eigenvalue weighted by Gasteiger charge is 2.26. The zero-order chi connectivity index (χ0) is 24.2. The van der Waals surface area contributed by atoms with Gasteiger partial charge in [0.1, 0.15) is 35.4 Å². The van der Waals surface area contributed by atoms with E-state index in [0.717, 1.165) is 0 Å². The van der Waals surface area contributed by atoms with E-state index in [0.29, 0.717) is 34.4 Å². The fraction of sp³-hybridized carbons (Fsp3) is 0.167. The van der Waals surface area contributed by atoms with Crippen LogP contribution in [-0.2, 0) is 0 Å². The van der Waals surface area contributed by atoms with Crippen molar-refractivity contribution < 1.29 is 9.18 Å². The molecule has 1 aromatic carbocycles. The van der Waals surface area contributed by atoms with Crippen LogP contribution in [-0.4, -0.2) is 32.4 Å². The van der Waals surface area contributed by atoms with Gasteiger partial charge in [-0.15, -0.1) is 0 Å². The average Bonchev–Trinajstić information content (AvgIpc) is 2.83. The molecule has 0 aliphatic carbocycles. The van der Waals surface area contributed by atoms with Crippen LogP contribution in [0.2, 0.25) is 0 Å².